The molecular formula is C25H23ClN4O. The number of amides is 1. The second kappa shape index (κ2) is 8.36. The summed E-state index contributed by atoms with van der Waals surface area (Å²) in [6.07, 6.45) is 0. The third-order valence-electron chi connectivity index (χ3n) is 5.44. The smallest absolute Gasteiger partial charge is 0.295 e. The molecule has 0 spiro atoms. The Morgan fingerprint density at radius 2 is 1.48 bits per heavy atom. The van der Waals surface area contributed by atoms with Gasteiger partial charge in [-0.05, 0) is 80.3 Å². The Bertz CT molecular complexity index is 1260. The van der Waals surface area contributed by atoms with Gasteiger partial charge in [0.15, 0.2) is 5.82 Å². The summed E-state index contributed by atoms with van der Waals surface area (Å²) in [6, 6.07) is 19.2. The van der Waals surface area contributed by atoms with Gasteiger partial charge in [0.25, 0.3) is 5.91 Å². The molecule has 6 heteroatoms. The third-order valence-corrected chi connectivity index (χ3v) is 5.69. The Hall–Kier alpha value is -3.44. The lowest BCUT2D eigenvalue weighted by Gasteiger charge is -2.11. The summed E-state index contributed by atoms with van der Waals surface area (Å²) >= 11 is 6.07. The lowest BCUT2D eigenvalue weighted by molar-refractivity contribution is 0.101. The van der Waals surface area contributed by atoms with Gasteiger partial charge in [0.05, 0.1) is 5.69 Å². The van der Waals surface area contributed by atoms with Crippen molar-refractivity contribution in [2.75, 3.05) is 5.32 Å². The van der Waals surface area contributed by atoms with Crippen molar-refractivity contribution >= 4 is 23.2 Å². The summed E-state index contributed by atoms with van der Waals surface area (Å²) in [7, 11) is 0. The summed E-state index contributed by atoms with van der Waals surface area (Å²) in [6.45, 7) is 8.01. The zero-order valence-corrected chi connectivity index (χ0v) is 18.7. The van der Waals surface area contributed by atoms with E-state index in [0.717, 1.165) is 39.2 Å². The largest absolute Gasteiger partial charge is 0.319 e. The maximum Gasteiger partial charge on any atom is 0.295 e. The van der Waals surface area contributed by atoms with Gasteiger partial charge in [0, 0.05) is 16.3 Å². The van der Waals surface area contributed by atoms with Crippen molar-refractivity contribution in [1.29, 1.82) is 0 Å². The number of carbonyl (C=O) groups is 1. The average molecular weight is 431 g/mol. The van der Waals surface area contributed by atoms with Crippen molar-refractivity contribution in [3.63, 3.8) is 0 Å². The van der Waals surface area contributed by atoms with Crippen LogP contribution in [0.3, 0.4) is 0 Å². The molecular weight excluding hydrogens is 408 g/mol. The second-order valence-corrected chi connectivity index (χ2v) is 8.05. The molecule has 1 N–H and O–H groups in total. The Morgan fingerprint density at radius 3 is 2.16 bits per heavy atom. The van der Waals surface area contributed by atoms with Crippen LogP contribution in [-0.2, 0) is 0 Å². The minimum Gasteiger partial charge on any atom is -0.319 e. The zero-order valence-electron chi connectivity index (χ0n) is 17.9. The van der Waals surface area contributed by atoms with Gasteiger partial charge in [-0.15, -0.1) is 5.10 Å². The summed E-state index contributed by atoms with van der Waals surface area (Å²) in [5.74, 6) is 0.335. The fraction of sp³-hybridized carbons (Fsp3) is 0.160. The summed E-state index contributed by atoms with van der Waals surface area (Å²) in [4.78, 5) is 17.7. The van der Waals surface area contributed by atoms with Crippen LogP contribution in [0.25, 0.3) is 17.1 Å². The first-order chi connectivity index (χ1) is 14.8. The molecule has 0 aliphatic carbocycles. The molecule has 3 aromatic carbocycles. The number of nitrogens with one attached hydrogen (secondary N) is 1. The highest BCUT2D eigenvalue weighted by atomic mass is 35.5. The minimum absolute atomic E-state index is 0.105. The van der Waals surface area contributed by atoms with E-state index in [0.29, 0.717) is 10.8 Å². The van der Waals surface area contributed by atoms with Crippen LogP contribution >= 0.6 is 11.6 Å². The molecule has 0 saturated carbocycles. The van der Waals surface area contributed by atoms with E-state index in [9.17, 15) is 4.79 Å². The molecule has 0 radical (unpaired) electrons. The molecule has 1 aromatic heterocycles. The van der Waals surface area contributed by atoms with E-state index in [-0.39, 0.29) is 11.7 Å². The van der Waals surface area contributed by atoms with Crippen LogP contribution in [0.15, 0.2) is 60.7 Å². The Kier molecular flexibility index (Phi) is 5.61. The van der Waals surface area contributed by atoms with Gasteiger partial charge in [-0.25, -0.2) is 9.67 Å². The predicted octanol–water partition coefficient (Wildman–Crippen LogP) is 6.07. The third kappa shape index (κ3) is 4.09. The molecule has 5 nitrogen and oxygen atoms in total. The second-order valence-electron chi connectivity index (χ2n) is 7.62. The zero-order chi connectivity index (χ0) is 22.1. The Labute approximate surface area is 186 Å². The van der Waals surface area contributed by atoms with Crippen LogP contribution in [0.2, 0.25) is 5.02 Å². The predicted molar refractivity (Wildman–Crippen MR) is 125 cm³/mol. The molecule has 0 bridgehead atoms. The first-order valence-electron chi connectivity index (χ1n) is 10.0. The fourth-order valence-electron chi connectivity index (χ4n) is 3.51. The molecule has 4 aromatic rings. The molecule has 0 atom stereocenters. The molecule has 156 valence electrons. The van der Waals surface area contributed by atoms with Gasteiger partial charge in [0.2, 0.25) is 5.82 Å². The highest BCUT2D eigenvalue weighted by molar-refractivity contribution is 6.30. The number of aryl methyl sites for hydroxylation is 3. The van der Waals surface area contributed by atoms with Gasteiger partial charge in [-0.1, -0.05) is 41.9 Å². The molecule has 0 saturated heterocycles. The van der Waals surface area contributed by atoms with Crippen molar-refractivity contribution in [3.8, 4) is 17.1 Å². The molecule has 1 amide bonds. The number of nitrogens with zero attached hydrogens (tertiary/aromatic N) is 3. The van der Waals surface area contributed by atoms with Crippen LogP contribution in [0, 0.1) is 27.7 Å². The summed E-state index contributed by atoms with van der Waals surface area (Å²) < 4.78 is 1.73. The summed E-state index contributed by atoms with van der Waals surface area (Å²) in [5, 5.41) is 8.21. The van der Waals surface area contributed by atoms with E-state index >= 15 is 0 Å². The first kappa shape index (κ1) is 20.8. The molecule has 1 heterocycles. The van der Waals surface area contributed by atoms with E-state index in [2.05, 4.69) is 15.4 Å². The van der Waals surface area contributed by atoms with Crippen LogP contribution in [0.1, 0.15) is 32.9 Å². The molecule has 4 rings (SSSR count). The van der Waals surface area contributed by atoms with Gasteiger partial charge in [0.1, 0.15) is 0 Å². The number of aromatic nitrogens is 3. The first-order valence-corrected chi connectivity index (χ1v) is 10.4. The van der Waals surface area contributed by atoms with Crippen LogP contribution in [0.4, 0.5) is 5.69 Å². The van der Waals surface area contributed by atoms with E-state index in [1.54, 1.807) is 16.8 Å². The number of halogens is 1. The number of hydrogen-bond acceptors (Lipinski definition) is 3. The minimum atomic E-state index is -0.350. The quantitative estimate of drug-likeness (QED) is 0.427. The van der Waals surface area contributed by atoms with E-state index in [1.165, 1.54) is 0 Å². The van der Waals surface area contributed by atoms with Gasteiger partial charge < -0.3 is 5.32 Å². The lowest BCUT2D eigenvalue weighted by Crippen LogP contribution is -2.16. The van der Waals surface area contributed by atoms with Gasteiger partial charge >= 0.3 is 0 Å². The summed E-state index contributed by atoms with van der Waals surface area (Å²) in [5.41, 5.74) is 6.66. The standard InChI is InChI=1S/C25H23ClN4O/c1-15-7-6-10-21(18(15)4)30-24(19-11-13-20(26)14-12-19)28-23(29-30)25(31)27-22-16(2)8-5-9-17(22)3/h5-14H,1-4H3,(H,27,31). The van der Waals surface area contributed by atoms with Gasteiger partial charge in [-0.3, -0.25) is 4.79 Å². The maximum absolute atomic E-state index is 13.1. The number of para-hydroxylation sites is 1. The topological polar surface area (TPSA) is 59.8 Å². The van der Waals surface area contributed by atoms with Crippen molar-refractivity contribution in [1.82, 2.24) is 14.8 Å². The van der Waals surface area contributed by atoms with Crippen molar-refractivity contribution in [2.24, 2.45) is 0 Å². The highest BCUT2D eigenvalue weighted by Crippen LogP contribution is 2.26. The number of hydrogen-bond donors (Lipinski definition) is 1. The number of benzene rings is 3. The number of rotatable bonds is 4. The lowest BCUT2D eigenvalue weighted by atomic mass is 10.1. The van der Waals surface area contributed by atoms with E-state index < -0.39 is 0 Å². The SMILES string of the molecule is Cc1cccc(-n2nc(C(=O)Nc3c(C)cccc3C)nc2-c2ccc(Cl)cc2)c1C. The molecule has 0 aliphatic rings. The molecule has 0 aliphatic heterocycles. The van der Waals surface area contributed by atoms with Crippen LogP contribution < -0.4 is 5.32 Å². The highest BCUT2D eigenvalue weighted by Gasteiger charge is 2.21. The number of anilines is 1. The van der Waals surface area contributed by atoms with Gasteiger partial charge in [-0.2, -0.15) is 0 Å². The maximum atomic E-state index is 13.1. The molecule has 31 heavy (non-hydrogen) atoms. The Morgan fingerprint density at radius 1 is 0.871 bits per heavy atom. The average Bonchev–Trinajstić information content (AvgIpc) is 3.18. The van der Waals surface area contributed by atoms with E-state index in [4.69, 9.17) is 11.6 Å². The molecule has 0 fully saturated rings. The normalized spacial score (nSPS) is 10.9. The van der Waals surface area contributed by atoms with Crippen molar-refractivity contribution in [2.45, 2.75) is 27.7 Å². The monoisotopic (exact) mass is 430 g/mol. The van der Waals surface area contributed by atoms with Crippen molar-refractivity contribution < 1.29 is 4.79 Å². The van der Waals surface area contributed by atoms with Crippen LogP contribution in [-0.4, -0.2) is 20.7 Å². The fourth-order valence-corrected chi connectivity index (χ4v) is 3.63. The number of carbonyl (C=O) groups excluding carboxylic acids is 1. The van der Waals surface area contributed by atoms with Crippen LogP contribution in [0.5, 0.6) is 0 Å². The molecule has 0 unspecified atom stereocenters. The van der Waals surface area contributed by atoms with E-state index in [1.807, 2.05) is 76.2 Å². The Balaban J connectivity index is 1.82. The van der Waals surface area contributed by atoms with Crippen molar-refractivity contribution in [3.05, 3.63) is 93.8 Å².